The zero-order chi connectivity index (χ0) is 19.0. The zero-order valence-electron chi connectivity index (χ0n) is 15.6. The predicted octanol–water partition coefficient (Wildman–Crippen LogP) is 4.79. The van der Waals surface area contributed by atoms with Gasteiger partial charge in [-0.15, -0.1) is 0 Å². The number of rotatable bonds is 3. The summed E-state index contributed by atoms with van der Waals surface area (Å²) in [6, 6.07) is 23.1. The Morgan fingerprint density at radius 1 is 0.815 bits per heavy atom. The summed E-state index contributed by atoms with van der Waals surface area (Å²) < 4.78 is 28.7. The Hall–Kier alpha value is -2.43. The van der Waals surface area contributed by atoms with Crippen LogP contribution in [-0.2, 0) is 23.0 Å². The van der Waals surface area contributed by atoms with Gasteiger partial charge in [0.1, 0.15) is 0 Å². The first-order valence-corrected chi connectivity index (χ1v) is 10.6. The summed E-state index contributed by atoms with van der Waals surface area (Å²) in [5.41, 5.74) is 5.54. The Morgan fingerprint density at radius 2 is 1.44 bits per heavy atom. The van der Waals surface area contributed by atoms with Gasteiger partial charge in [0.15, 0.2) is 0 Å². The number of fused-ring (bicyclic) bond motifs is 1. The maximum Gasteiger partial charge on any atom is 0.243 e. The maximum atomic E-state index is 13.5. The number of benzene rings is 3. The summed E-state index contributed by atoms with van der Waals surface area (Å²) in [6.45, 7) is 4.40. The second-order valence-corrected chi connectivity index (χ2v) is 9.10. The zero-order valence-corrected chi connectivity index (χ0v) is 16.4. The van der Waals surface area contributed by atoms with E-state index in [0.717, 1.165) is 22.3 Å². The smallest absolute Gasteiger partial charge is 0.207 e. The molecule has 0 saturated carbocycles. The van der Waals surface area contributed by atoms with E-state index >= 15 is 0 Å². The molecule has 0 aliphatic carbocycles. The van der Waals surface area contributed by atoms with E-state index in [1.807, 2.05) is 68.4 Å². The first kappa shape index (κ1) is 18.0. The molecule has 3 aromatic rings. The van der Waals surface area contributed by atoms with E-state index in [-0.39, 0.29) is 6.04 Å². The number of hydrogen-bond acceptors (Lipinski definition) is 2. The van der Waals surface area contributed by atoms with Crippen LogP contribution in [0.3, 0.4) is 0 Å². The van der Waals surface area contributed by atoms with Crippen molar-refractivity contribution < 1.29 is 8.42 Å². The Kier molecular flexibility index (Phi) is 4.62. The molecule has 0 fully saturated rings. The molecule has 0 N–H and O–H groups in total. The molecule has 3 nitrogen and oxygen atoms in total. The Balaban J connectivity index is 1.85. The normalized spacial score (nSPS) is 17.5. The molecular formula is C23H23NO2S. The molecule has 0 aromatic heterocycles. The van der Waals surface area contributed by atoms with Crippen molar-refractivity contribution in [3.05, 3.63) is 101 Å². The average molecular weight is 378 g/mol. The largest absolute Gasteiger partial charge is 0.243 e. The van der Waals surface area contributed by atoms with E-state index in [4.69, 9.17) is 0 Å². The number of sulfonamides is 1. The van der Waals surface area contributed by atoms with Crippen LogP contribution in [-0.4, -0.2) is 12.7 Å². The van der Waals surface area contributed by atoms with Crippen LogP contribution in [0.2, 0.25) is 0 Å². The van der Waals surface area contributed by atoms with Crippen LogP contribution in [0.1, 0.15) is 33.9 Å². The molecule has 0 amide bonds. The molecule has 138 valence electrons. The van der Waals surface area contributed by atoms with Crippen molar-refractivity contribution in [2.45, 2.75) is 37.8 Å². The van der Waals surface area contributed by atoms with Crippen LogP contribution in [0.4, 0.5) is 0 Å². The molecular weight excluding hydrogens is 354 g/mol. The van der Waals surface area contributed by atoms with Gasteiger partial charge in [0.05, 0.1) is 10.9 Å². The van der Waals surface area contributed by atoms with Crippen LogP contribution < -0.4 is 0 Å². The fourth-order valence-corrected chi connectivity index (χ4v) is 5.41. The van der Waals surface area contributed by atoms with Gasteiger partial charge in [-0.05, 0) is 54.7 Å². The molecule has 4 rings (SSSR count). The monoisotopic (exact) mass is 377 g/mol. The molecule has 1 atom stereocenters. The summed E-state index contributed by atoms with van der Waals surface area (Å²) in [4.78, 5) is 0.353. The van der Waals surface area contributed by atoms with Crippen LogP contribution in [0.15, 0.2) is 77.7 Å². The fourth-order valence-electron chi connectivity index (χ4n) is 3.82. The molecule has 3 aromatic carbocycles. The summed E-state index contributed by atoms with van der Waals surface area (Å²) >= 11 is 0. The average Bonchev–Trinajstić information content (AvgIpc) is 2.68. The molecule has 0 bridgehead atoms. The minimum atomic E-state index is -3.60. The van der Waals surface area contributed by atoms with E-state index in [0.29, 0.717) is 17.9 Å². The highest BCUT2D eigenvalue weighted by atomic mass is 32.2. The van der Waals surface area contributed by atoms with E-state index in [1.165, 1.54) is 5.56 Å². The van der Waals surface area contributed by atoms with Crippen molar-refractivity contribution in [3.8, 4) is 0 Å². The number of hydrogen-bond donors (Lipinski definition) is 0. The quantitative estimate of drug-likeness (QED) is 0.658. The topological polar surface area (TPSA) is 37.4 Å². The summed E-state index contributed by atoms with van der Waals surface area (Å²) in [5.74, 6) is 0. The van der Waals surface area contributed by atoms with Gasteiger partial charge in [-0.25, -0.2) is 8.42 Å². The third-order valence-electron chi connectivity index (χ3n) is 5.38. The highest BCUT2D eigenvalue weighted by Crippen LogP contribution is 2.38. The Bertz CT molecular complexity index is 1070. The van der Waals surface area contributed by atoms with Gasteiger partial charge in [0, 0.05) is 6.54 Å². The lowest BCUT2D eigenvalue weighted by Crippen LogP contribution is -2.39. The summed E-state index contributed by atoms with van der Waals surface area (Å²) in [7, 11) is -3.60. The first-order chi connectivity index (χ1) is 13.0. The van der Waals surface area contributed by atoms with E-state index in [9.17, 15) is 8.42 Å². The molecule has 4 heteroatoms. The van der Waals surface area contributed by atoms with Crippen molar-refractivity contribution in [3.63, 3.8) is 0 Å². The molecule has 1 unspecified atom stereocenters. The molecule has 1 aliphatic heterocycles. The highest BCUT2D eigenvalue weighted by molar-refractivity contribution is 7.89. The molecule has 0 saturated heterocycles. The minimum Gasteiger partial charge on any atom is -0.207 e. The Morgan fingerprint density at radius 3 is 2.15 bits per heavy atom. The van der Waals surface area contributed by atoms with Gasteiger partial charge < -0.3 is 0 Å². The van der Waals surface area contributed by atoms with Crippen LogP contribution in [0.5, 0.6) is 0 Å². The van der Waals surface area contributed by atoms with Gasteiger partial charge in [0.2, 0.25) is 10.0 Å². The van der Waals surface area contributed by atoms with E-state index < -0.39 is 10.0 Å². The van der Waals surface area contributed by atoms with Crippen molar-refractivity contribution in [1.29, 1.82) is 0 Å². The SMILES string of the molecule is Cc1ccc(S(=O)(=O)N2Cc3ccccc3CC2c2ccccc2C)cc1. The standard InChI is InChI=1S/C23H23NO2S/c1-17-11-13-21(14-12-17)27(25,26)24-16-20-9-5-4-8-19(20)15-23(24)22-10-6-3-7-18(22)2/h3-14,23H,15-16H2,1-2H3. The van der Waals surface area contributed by atoms with E-state index in [2.05, 4.69) is 6.07 Å². The Labute approximate surface area is 161 Å². The van der Waals surface area contributed by atoms with Gasteiger partial charge in [-0.2, -0.15) is 4.31 Å². The molecule has 1 heterocycles. The lowest BCUT2D eigenvalue weighted by molar-refractivity contribution is 0.295. The van der Waals surface area contributed by atoms with Crippen molar-refractivity contribution in [1.82, 2.24) is 4.31 Å². The molecule has 0 spiro atoms. The van der Waals surface area contributed by atoms with Crippen molar-refractivity contribution in [2.24, 2.45) is 0 Å². The van der Waals surface area contributed by atoms with Gasteiger partial charge in [-0.3, -0.25) is 0 Å². The summed E-state index contributed by atoms with van der Waals surface area (Å²) in [6.07, 6.45) is 0.687. The molecule has 0 radical (unpaired) electrons. The van der Waals surface area contributed by atoms with Gasteiger partial charge >= 0.3 is 0 Å². The summed E-state index contributed by atoms with van der Waals surface area (Å²) in [5, 5.41) is 0. The lowest BCUT2D eigenvalue weighted by Gasteiger charge is -2.37. The molecule has 1 aliphatic rings. The third kappa shape index (κ3) is 3.31. The maximum absolute atomic E-state index is 13.5. The van der Waals surface area contributed by atoms with Crippen molar-refractivity contribution in [2.75, 3.05) is 0 Å². The predicted molar refractivity (Wildman–Crippen MR) is 108 cm³/mol. The van der Waals surface area contributed by atoms with Crippen LogP contribution in [0, 0.1) is 13.8 Å². The van der Waals surface area contributed by atoms with Crippen LogP contribution >= 0.6 is 0 Å². The second kappa shape index (κ2) is 6.95. The van der Waals surface area contributed by atoms with Gasteiger partial charge in [0.25, 0.3) is 0 Å². The first-order valence-electron chi connectivity index (χ1n) is 9.17. The molecule has 27 heavy (non-hydrogen) atoms. The lowest BCUT2D eigenvalue weighted by atomic mass is 9.90. The minimum absolute atomic E-state index is 0.201. The van der Waals surface area contributed by atoms with Gasteiger partial charge in [-0.1, -0.05) is 66.2 Å². The fraction of sp³-hybridized carbons (Fsp3) is 0.217. The second-order valence-electron chi connectivity index (χ2n) is 7.21. The highest BCUT2D eigenvalue weighted by Gasteiger charge is 2.36. The van der Waals surface area contributed by atoms with Crippen LogP contribution in [0.25, 0.3) is 0 Å². The third-order valence-corrected chi connectivity index (χ3v) is 7.25. The van der Waals surface area contributed by atoms with E-state index in [1.54, 1.807) is 16.4 Å². The van der Waals surface area contributed by atoms with Crippen molar-refractivity contribution >= 4 is 10.0 Å². The number of aryl methyl sites for hydroxylation is 2. The number of nitrogens with zero attached hydrogens (tertiary/aromatic N) is 1.